The van der Waals surface area contributed by atoms with Gasteiger partial charge >= 0.3 is 0 Å². The zero-order chi connectivity index (χ0) is 14.8. The van der Waals surface area contributed by atoms with E-state index in [0.717, 1.165) is 9.86 Å². The van der Waals surface area contributed by atoms with Crippen molar-refractivity contribution in [3.8, 4) is 0 Å². The number of amides is 1. The van der Waals surface area contributed by atoms with Crippen LogP contribution in [0.4, 0.5) is 11.4 Å². The normalized spacial score (nSPS) is 10.5. The minimum atomic E-state index is -0.283. The van der Waals surface area contributed by atoms with E-state index in [9.17, 15) is 4.79 Å². The molecule has 0 spiro atoms. The van der Waals surface area contributed by atoms with Crippen molar-refractivity contribution >= 4 is 44.1 Å². The SMILES string of the molecule is Nc1cc(C(=O)Nc2ccc(Br)cc2)nc2ccccc12. The summed E-state index contributed by atoms with van der Waals surface area (Å²) in [6.45, 7) is 0. The van der Waals surface area contributed by atoms with Gasteiger partial charge in [0.05, 0.1) is 5.52 Å². The standard InChI is InChI=1S/C16H12BrN3O/c17-10-5-7-11(8-6-10)19-16(21)15-9-13(18)12-3-1-2-4-14(12)20-15/h1-9H,(H2,18,20)(H,19,21). The summed E-state index contributed by atoms with van der Waals surface area (Å²) >= 11 is 3.35. The van der Waals surface area contributed by atoms with Crippen molar-refractivity contribution in [1.29, 1.82) is 0 Å². The number of aromatic nitrogens is 1. The van der Waals surface area contributed by atoms with Crippen LogP contribution in [0.25, 0.3) is 10.9 Å². The Labute approximate surface area is 130 Å². The van der Waals surface area contributed by atoms with E-state index in [0.29, 0.717) is 22.6 Å². The van der Waals surface area contributed by atoms with E-state index in [1.54, 1.807) is 6.07 Å². The van der Waals surface area contributed by atoms with E-state index >= 15 is 0 Å². The first kappa shape index (κ1) is 13.6. The van der Waals surface area contributed by atoms with E-state index in [-0.39, 0.29) is 5.91 Å². The molecule has 21 heavy (non-hydrogen) atoms. The first-order valence-electron chi connectivity index (χ1n) is 6.36. The summed E-state index contributed by atoms with van der Waals surface area (Å²) < 4.78 is 0.952. The van der Waals surface area contributed by atoms with Gasteiger partial charge in [-0.2, -0.15) is 0 Å². The number of nitrogens with zero attached hydrogens (tertiary/aromatic N) is 1. The van der Waals surface area contributed by atoms with Crippen LogP contribution in [0.2, 0.25) is 0 Å². The van der Waals surface area contributed by atoms with E-state index in [1.807, 2.05) is 48.5 Å². The summed E-state index contributed by atoms with van der Waals surface area (Å²) in [4.78, 5) is 16.6. The average molecular weight is 342 g/mol. The van der Waals surface area contributed by atoms with Crippen molar-refractivity contribution < 1.29 is 4.79 Å². The lowest BCUT2D eigenvalue weighted by Gasteiger charge is -2.07. The number of hydrogen-bond donors (Lipinski definition) is 2. The molecule has 1 heterocycles. The Morgan fingerprint density at radius 3 is 2.57 bits per heavy atom. The summed E-state index contributed by atoms with van der Waals surface area (Å²) in [5, 5.41) is 3.64. The van der Waals surface area contributed by atoms with E-state index in [1.165, 1.54) is 0 Å². The lowest BCUT2D eigenvalue weighted by Crippen LogP contribution is -2.14. The van der Waals surface area contributed by atoms with Crippen LogP contribution < -0.4 is 11.1 Å². The van der Waals surface area contributed by atoms with Crippen molar-refractivity contribution in [2.24, 2.45) is 0 Å². The highest BCUT2D eigenvalue weighted by Crippen LogP contribution is 2.21. The van der Waals surface area contributed by atoms with Crippen LogP contribution in [0.3, 0.4) is 0 Å². The van der Waals surface area contributed by atoms with Crippen LogP contribution in [0.15, 0.2) is 59.1 Å². The number of nitrogens with two attached hydrogens (primary N) is 1. The minimum Gasteiger partial charge on any atom is -0.398 e. The van der Waals surface area contributed by atoms with Crippen molar-refractivity contribution in [3.05, 3.63) is 64.8 Å². The molecule has 4 nitrogen and oxygen atoms in total. The summed E-state index contributed by atoms with van der Waals surface area (Å²) in [6.07, 6.45) is 0. The molecule has 0 saturated heterocycles. The monoisotopic (exact) mass is 341 g/mol. The number of carbonyl (C=O) groups excluding carboxylic acids is 1. The number of hydrogen-bond acceptors (Lipinski definition) is 3. The molecule has 3 aromatic rings. The smallest absolute Gasteiger partial charge is 0.274 e. The Hall–Kier alpha value is -2.40. The van der Waals surface area contributed by atoms with Crippen LogP contribution in [0.5, 0.6) is 0 Å². The highest BCUT2D eigenvalue weighted by Gasteiger charge is 2.11. The molecule has 0 bridgehead atoms. The predicted molar refractivity (Wildman–Crippen MR) is 88.3 cm³/mol. The van der Waals surface area contributed by atoms with Gasteiger partial charge in [0.25, 0.3) is 5.91 Å². The van der Waals surface area contributed by atoms with Crippen LogP contribution in [-0.4, -0.2) is 10.9 Å². The largest absolute Gasteiger partial charge is 0.398 e. The number of pyridine rings is 1. The van der Waals surface area contributed by atoms with Gasteiger partial charge in [-0.3, -0.25) is 4.79 Å². The lowest BCUT2D eigenvalue weighted by molar-refractivity contribution is 0.102. The van der Waals surface area contributed by atoms with Crippen molar-refractivity contribution in [2.45, 2.75) is 0 Å². The number of rotatable bonds is 2. The zero-order valence-electron chi connectivity index (χ0n) is 11.0. The zero-order valence-corrected chi connectivity index (χ0v) is 12.6. The number of anilines is 2. The topological polar surface area (TPSA) is 68.0 Å². The highest BCUT2D eigenvalue weighted by atomic mass is 79.9. The molecule has 5 heteroatoms. The molecule has 0 radical (unpaired) electrons. The maximum absolute atomic E-state index is 12.3. The molecule has 104 valence electrons. The minimum absolute atomic E-state index is 0.283. The van der Waals surface area contributed by atoms with Gasteiger partial charge in [0, 0.05) is 21.2 Å². The second kappa shape index (κ2) is 5.54. The number of carbonyl (C=O) groups is 1. The Bertz CT molecular complexity index is 815. The van der Waals surface area contributed by atoms with Crippen LogP contribution >= 0.6 is 15.9 Å². The predicted octanol–water partition coefficient (Wildman–Crippen LogP) is 3.83. The lowest BCUT2D eigenvalue weighted by atomic mass is 10.1. The number of fused-ring (bicyclic) bond motifs is 1. The molecular weight excluding hydrogens is 330 g/mol. The first-order chi connectivity index (χ1) is 10.1. The fourth-order valence-corrected chi connectivity index (χ4v) is 2.31. The van der Waals surface area contributed by atoms with Gasteiger partial charge in [-0.25, -0.2) is 4.98 Å². The van der Waals surface area contributed by atoms with Crippen molar-refractivity contribution in [3.63, 3.8) is 0 Å². The summed E-state index contributed by atoms with van der Waals surface area (Å²) in [7, 11) is 0. The molecule has 3 rings (SSSR count). The van der Waals surface area contributed by atoms with Crippen LogP contribution in [-0.2, 0) is 0 Å². The molecule has 0 aliphatic carbocycles. The average Bonchev–Trinajstić information content (AvgIpc) is 2.49. The van der Waals surface area contributed by atoms with Gasteiger partial charge < -0.3 is 11.1 Å². The molecule has 0 aliphatic heterocycles. The van der Waals surface area contributed by atoms with Crippen molar-refractivity contribution in [2.75, 3.05) is 11.1 Å². The molecule has 1 aromatic heterocycles. The van der Waals surface area contributed by atoms with Crippen molar-refractivity contribution in [1.82, 2.24) is 4.98 Å². The third-order valence-corrected chi connectivity index (χ3v) is 3.61. The Morgan fingerprint density at radius 2 is 1.81 bits per heavy atom. The number of halogens is 1. The summed E-state index contributed by atoms with van der Waals surface area (Å²) in [5.74, 6) is -0.283. The van der Waals surface area contributed by atoms with E-state index in [4.69, 9.17) is 5.73 Å². The Morgan fingerprint density at radius 1 is 1.10 bits per heavy atom. The van der Waals surface area contributed by atoms with Gasteiger partial charge in [0.1, 0.15) is 5.69 Å². The van der Waals surface area contributed by atoms with Gasteiger partial charge in [-0.05, 0) is 36.4 Å². The molecule has 0 atom stereocenters. The Balaban J connectivity index is 1.92. The highest BCUT2D eigenvalue weighted by molar-refractivity contribution is 9.10. The molecule has 1 amide bonds. The van der Waals surface area contributed by atoms with Gasteiger partial charge in [0.15, 0.2) is 0 Å². The number of nitrogen functional groups attached to an aromatic ring is 1. The molecule has 3 N–H and O–H groups in total. The van der Waals surface area contributed by atoms with E-state index < -0.39 is 0 Å². The molecule has 0 saturated carbocycles. The third kappa shape index (κ3) is 2.87. The quantitative estimate of drug-likeness (QED) is 0.744. The Kier molecular flexibility index (Phi) is 3.58. The number of para-hydroxylation sites is 1. The molecule has 0 fully saturated rings. The first-order valence-corrected chi connectivity index (χ1v) is 7.15. The second-order valence-electron chi connectivity index (χ2n) is 4.57. The summed E-state index contributed by atoms with van der Waals surface area (Å²) in [5.41, 5.74) is 8.24. The van der Waals surface area contributed by atoms with Crippen LogP contribution in [0, 0.1) is 0 Å². The maximum Gasteiger partial charge on any atom is 0.274 e. The maximum atomic E-state index is 12.3. The van der Waals surface area contributed by atoms with Gasteiger partial charge in [-0.15, -0.1) is 0 Å². The molecule has 0 aliphatic rings. The number of nitrogens with one attached hydrogen (secondary N) is 1. The third-order valence-electron chi connectivity index (χ3n) is 3.08. The van der Waals surface area contributed by atoms with Gasteiger partial charge in [-0.1, -0.05) is 34.1 Å². The van der Waals surface area contributed by atoms with Gasteiger partial charge in [0.2, 0.25) is 0 Å². The second-order valence-corrected chi connectivity index (χ2v) is 5.49. The fraction of sp³-hybridized carbons (Fsp3) is 0. The molecular formula is C16H12BrN3O. The number of benzene rings is 2. The fourth-order valence-electron chi connectivity index (χ4n) is 2.05. The van der Waals surface area contributed by atoms with E-state index in [2.05, 4.69) is 26.2 Å². The summed E-state index contributed by atoms with van der Waals surface area (Å²) in [6, 6.07) is 16.4. The molecule has 0 unspecified atom stereocenters. The molecule has 2 aromatic carbocycles. The van der Waals surface area contributed by atoms with Crippen LogP contribution in [0.1, 0.15) is 10.5 Å².